The Morgan fingerprint density at radius 2 is 1.39 bits per heavy atom. The van der Waals surface area contributed by atoms with Crippen molar-refractivity contribution in [3.8, 4) is 23.3 Å². The molecular weight excluding hydrogens is 721 g/mol. The van der Waals surface area contributed by atoms with Crippen LogP contribution in [-0.2, 0) is 24.5 Å². The third kappa shape index (κ3) is 6.79. The lowest BCUT2D eigenvalue weighted by atomic mass is 9.65. The van der Waals surface area contributed by atoms with Gasteiger partial charge in [0.2, 0.25) is 5.91 Å². The molecule has 6 atom stereocenters. The number of aliphatic hydroxyl groups is 1. The van der Waals surface area contributed by atoms with Crippen LogP contribution in [0.3, 0.4) is 0 Å². The van der Waals surface area contributed by atoms with Gasteiger partial charge >= 0.3 is 11.9 Å². The Labute approximate surface area is 331 Å². The highest BCUT2D eigenvalue weighted by Crippen LogP contribution is 2.64. The first-order valence-corrected chi connectivity index (χ1v) is 19.2. The van der Waals surface area contributed by atoms with E-state index in [1.54, 1.807) is 42.5 Å². The molecule has 10 nitrogen and oxygen atoms in total. The van der Waals surface area contributed by atoms with Gasteiger partial charge < -0.3 is 29.7 Å². The summed E-state index contributed by atoms with van der Waals surface area (Å²) < 4.78 is 17.8. The van der Waals surface area contributed by atoms with E-state index in [0.717, 1.165) is 35.3 Å². The number of carbonyl (C=O) groups is 3. The average molecular weight is 763 g/mol. The van der Waals surface area contributed by atoms with Gasteiger partial charge in [0.15, 0.2) is 0 Å². The molecule has 0 aliphatic carbocycles. The van der Waals surface area contributed by atoms with Crippen molar-refractivity contribution in [1.82, 2.24) is 4.90 Å². The number of carboxylic acid groups (broad SMARTS) is 1. The van der Waals surface area contributed by atoms with Gasteiger partial charge in [0.1, 0.15) is 41.6 Å². The Balaban J connectivity index is 1.31. The molecule has 3 aliphatic rings. The van der Waals surface area contributed by atoms with Gasteiger partial charge in [0, 0.05) is 16.8 Å². The highest BCUT2D eigenvalue weighted by Gasteiger charge is 2.74. The number of morpholine rings is 1. The number of aliphatic carboxylic acids is 1. The van der Waals surface area contributed by atoms with Crippen molar-refractivity contribution in [1.29, 1.82) is 0 Å². The maximum absolute atomic E-state index is 15.0. The Morgan fingerprint density at radius 1 is 0.772 bits per heavy atom. The van der Waals surface area contributed by atoms with Crippen molar-refractivity contribution in [3.63, 3.8) is 0 Å². The number of anilines is 1. The second-order valence-electron chi connectivity index (χ2n) is 14.4. The fourth-order valence-electron chi connectivity index (χ4n) is 8.67. The first-order valence-electron chi connectivity index (χ1n) is 19.2. The minimum atomic E-state index is -1.81. The standard InChI is InChI=1S/C47H42N2O8/c1-2-3-27-55-35-21-16-30(17-22-35)14-15-31-18-25-38-37(29-31)47(46(54)48-38)39(44(51)52)41-45(53)57-42(33-12-8-5-9-13-33)40(32-10-6-4-7-11-32)49(41)43(47)34-19-23-36(24-20-34)56-28-26-50/h4-13,16-25,29,39-43,50H,2-3,26-28H2,1H3,(H,48,54)(H,51,52)/t39-,40-,41-,42+,43+,47-/m0/s1. The molecule has 5 aromatic rings. The van der Waals surface area contributed by atoms with Crippen molar-refractivity contribution < 1.29 is 38.8 Å². The summed E-state index contributed by atoms with van der Waals surface area (Å²) in [5.41, 5.74) is 2.51. The van der Waals surface area contributed by atoms with E-state index in [9.17, 15) is 24.6 Å². The minimum Gasteiger partial charge on any atom is -0.494 e. The van der Waals surface area contributed by atoms with Crippen LogP contribution in [0.25, 0.3) is 0 Å². The monoisotopic (exact) mass is 762 g/mol. The van der Waals surface area contributed by atoms with Gasteiger partial charge in [-0.15, -0.1) is 0 Å². The van der Waals surface area contributed by atoms with Crippen LogP contribution in [0.2, 0.25) is 0 Å². The van der Waals surface area contributed by atoms with Crippen LogP contribution in [0.5, 0.6) is 11.5 Å². The number of fused-ring (bicyclic) bond motifs is 3. The third-order valence-corrected chi connectivity index (χ3v) is 11.1. The molecule has 0 saturated carbocycles. The number of unbranched alkanes of at least 4 members (excludes halogenated alkanes) is 1. The number of benzene rings is 5. The van der Waals surface area contributed by atoms with Crippen LogP contribution in [0.15, 0.2) is 127 Å². The molecule has 10 heteroatoms. The first-order chi connectivity index (χ1) is 27.8. The number of aliphatic hydroxyl groups excluding tert-OH is 1. The van der Waals surface area contributed by atoms with Gasteiger partial charge in [-0.3, -0.25) is 19.3 Å². The van der Waals surface area contributed by atoms with Crippen LogP contribution in [0.4, 0.5) is 5.69 Å². The summed E-state index contributed by atoms with van der Waals surface area (Å²) in [6, 6.07) is 35.8. The van der Waals surface area contributed by atoms with Crippen LogP contribution in [0.1, 0.15) is 71.3 Å². The molecule has 2 fully saturated rings. The predicted molar refractivity (Wildman–Crippen MR) is 213 cm³/mol. The van der Waals surface area contributed by atoms with E-state index in [0.29, 0.717) is 34.7 Å². The van der Waals surface area contributed by atoms with Crippen molar-refractivity contribution in [2.45, 2.75) is 49.4 Å². The lowest BCUT2D eigenvalue weighted by Gasteiger charge is -2.46. The van der Waals surface area contributed by atoms with Crippen molar-refractivity contribution in [2.24, 2.45) is 5.92 Å². The Kier molecular flexibility index (Phi) is 10.5. The second-order valence-corrected chi connectivity index (χ2v) is 14.4. The zero-order valence-electron chi connectivity index (χ0n) is 31.3. The number of nitrogens with one attached hydrogen (secondary N) is 1. The van der Waals surface area contributed by atoms with Gasteiger partial charge in [-0.1, -0.05) is 98.0 Å². The number of carbonyl (C=O) groups excluding carboxylic acids is 2. The van der Waals surface area contributed by atoms with E-state index in [1.165, 1.54) is 0 Å². The number of cyclic esters (lactones) is 1. The lowest BCUT2D eigenvalue weighted by molar-refractivity contribution is -0.179. The zero-order valence-corrected chi connectivity index (χ0v) is 31.3. The number of amides is 1. The maximum atomic E-state index is 15.0. The van der Waals surface area contributed by atoms with Crippen molar-refractivity contribution in [3.05, 3.63) is 161 Å². The van der Waals surface area contributed by atoms with Crippen LogP contribution in [-0.4, -0.2) is 58.8 Å². The van der Waals surface area contributed by atoms with E-state index in [2.05, 4.69) is 24.1 Å². The lowest BCUT2D eigenvalue weighted by Crippen LogP contribution is -2.52. The number of ether oxygens (including phenoxy) is 3. The van der Waals surface area contributed by atoms with Crippen molar-refractivity contribution >= 4 is 23.5 Å². The number of nitrogens with zero attached hydrogens (tertiary/aromatic N) is 1. The summed E-state index contributed by atoms with van der Waals surface area (Å²) >= 11 is 0. The van der Waals surface area contributed by atoms with Gasteiger partial charge in [0.25, 0.3) is 0 Å². The Bertz CT molecular complexity index is 2320. The highest BCUT2D eigenvalue weighted by molar-refractivity contribution is 6.11. The molecule has 3 heterocycles. The minimum absolute atomic E-state index is 0.0825. The van der Waals surface area contributed by atoms with Gasteiger partial charge in [-0.25, -0.2) is 0 Å². The average Bonchev–Trinajstić information content (AvgIpc) is 3.72. The predicted octanol–water partition coefficient (Wildman–Crippen LogP) is 6.99. The van der Waals surface area contributed by atoms with Crippen LogP contribution in [0, 0.1) is 17.8 Å². The normalized spacial score (nSPS) is 23.4. The highest BCUT2D eigenvalue weighted by atomic mass is 16.6. The van der Waals surface area contributed by atoms with E-state index in [4.69, 9.17) is 14.2 Å². The van der Waals surface area contributed by atoms with E-state index in [1.807, 2.05) is 89.8 Å². The molecule has 0 unspecified atom stereocenters. The van der Waals surface area contributed by atoms with E-state index >= 15 is 0 Å². The topological polar surface area (TPSA) is 135 Å². The molecule has 3 N–H and O–H groups in total. The molecule has 5 aromatic carbocycles. The van der Waals surface area contributed by atoms with Gasteiger partial charge in [-0.05, 0) is 83.3 Å². The van der Waals surface area contributed by atoms with Crippen molar-refractivity contribution in [2.75, 3.05) is 25.1 Å². The van der Waals surface area contributed by atoms with E-state index in [-0.39, 0.29) is 13.2 Å². The molecule has 57 heavy (non-hydrogen) atoms. The quantitative estimate of drug-likeness (QED) is 0.0740. The van der Waals surface area contributed by atoms with Gasteiger partial charge in [-0.2, -0.15) is 0 Å². The molecule has 0 aromatic heterocycles. The summed E-state index contributed by atoms with van der Waals surface area (Å²) in [7, 11) is 0. The van der Waals surface area contributed by atoms with Crippen LogP contribution < -0.4 is 14.8 Å². The van der Waals surface area contributed by atoms with Gasteiger partial charge in [0.05, 0.1) is 25.3 Å². The molecule has 0 radical (unpaired) electrons. The number of esters is 1. The molecule has 1 spiro atoms. The SMILES string of the molecule is CCCCOc1ccc(C#Cc2ccc3c(c2)[C@]2(C(=O)N3)[C@H](C(=O)O)[C@H]3C(=O)O[C@H](c4ccccc4)[C@H](c4ccccc4)N3[C@@H]2c2ccc(OCCO)cc2)cc1. The van der Waals surface area contributed by atoms with Crippen LogP contribution >= 0.6 is 0 Å². The number of rotatable bonds is 11. The van der Waals surface area contributed by atoms with E-state index < -0.39 is 53.4 Å². The summed E-state index contributed by atoms with van der Waals surface area (Å²) in [5.74, 6) is 3.54. The molecular formula is C47H42N2O8. The maximum Gasteiger partial charge on any atom is 0.325 e. The summed E-state index contributed by atoms with van der Waals surface area (Å²) in [4.78, 5) is 45.3. The molecule has 0 bridgehead atoms. The molecule has 2 saturated heterocycles. The second kappa shape index (κ2) is 16.0. The summed E-state index contributed by atoms with van der Waals surface area (Å²) in [5, 5.41) is 23.7. The Morgan fingerprint density at radius 3 is 2.04 bits per heavy atom. The summed E-state index contributed by atoms with van der Waals surface area (Å²) in [6.45, 7) is 2.66. The number of carboxylic acids is 1. The third-order valence-electron chi connectivity index (χ3n) is 11.1. The molecule has 8 rings (SSSR count). The first kappa shape index (κ1) is 37.5. The summed E-state index contributed by atoms with van der Waals surface area (Å²) in [6.07, 6.45) is 1.17. The molecule has 3 aliphatic heterocycles. The zero-order chi connectivity index (χ0) is 39.5. The number of hydrogen-bond donors (Lipinski definition) is 3. The Hall–Kier alpha value is -6.41. The smallest absolute Gasteiger partial charge is 0.325 e. The molecule has 288 valence electrons. The largest absolute Gasteiger partial charge is 0.494 e. The fourth-order valence-corrected chi connectivity index (χ4v) is 8.67. The fraction of sp³-hybridized carbons (Fsp3) is 0.255. The molecule has 1 amide bonds. The number of hydrogen-bond acceptors (Lipinski definition) is 8.